The van der Waals surface area contributed by atoms with Crippen molar-refractivity contribution in [1.82, 2.24) is 15.1 Å². The van der Waals surface area contributed by atoms with Crippen LogP contribution in [0.3, 0.4) is 0 Å². The monoisotopic (exact) mass is 311 g/mol. The fourth-order valence-corrected chi connectivity index (χ4v) is 2.38. The summed E-state index contributed by atoms with van der Waals surface area (Å²) in [4.78, 5) is 24.1. The standard InChI is InChI=1S/C17H17N3O3/c1-11-9-13(19-20(11)2)7-8-18-16(21)14-10-12-5-3-4-6-15(12)23-17(14)22/h3-6,9-10H,7-8H2,1-2H3,(H,18,21). The second-order valence-electron chi connectivity index (χ2n) is 5.39. The Morgan fingerprint density at radius 3 is 2.83 bits per heavy atom. The van der Waals surface area contributed by atoms with Gasteiger partial charge in [0.2, 0.25) is 0 Å². The second kappa shape index (κ2) is 6.08. The molecule has 0 bridgehead atoms. The van der Waals surface area contributed by atoms with E-state index in [0.29, 0.717) is 18.5 Å². The van der Waals surface area contributed by atoms with Crippen LogP contribution in [0.15, 0.2) is 45.6 Å². The quantitative estimate of drug-likeness (QED) is 0.745. The molecule has 0 aliphatic carbocycles. The molecule has 0 fully saturated rings. The molecule has 2 heterocycles. The number of hydrogen-bond donors (Lipinski definition) is 1. The highest BCUT2D eigenvalue weighted by molar-refractivity contribution is 5.96. The number of benzene rings is 1. The van der Waals surface area contributed by atoms with Gasteiger partial charge in [-0.25, -0.2) is 4.79 Å². The van der Waals surface area contributed by atoms with Crippen molar-refractivity contribution in [3.63, 3.8) is 0 Å². The van der Waals surface area contributed by atoms with E-state index < -0.39 is 11.5 Å². The molecule has 6 heteroatoms. The van der Waals surface area contributed by atoms with Gasteiger partial charge in [0.25, 0.3) is 5.91 Å². The van der Waals surface area contributed by atoms with Crippen molar-refractivity contribution in [2.24, 2.45) is 7.05 Å². The van der Waals surface area contributed by atoms with E-state index in [0.717, 1.165) is 16.8 Å². The molecule has 3 aromatic rings. The molecule has 0 spiro atoms. The predicted molar refractivity (Wildman–Crippen MR) is 86.5 cm³/mol. The van der Waals surface area contributed by atoms with Crippen LogP contribution < -0.4 is 10.9 Å². The molecule has 118 valence electrons. The molecule has 6 nitrogen and oxygen atoms in total. The number of nitrogens with zero attached hydrogens (tertiary/aromatic N) is 2. The van der Waals surface area contributed by atoms with Crippen molar-refractivity contribution < 1.29 is 9.21 Å². The van der Waals surface area contributed by atoms with Gasteiger partial charge in [0, 0.05) is 31.1 Å². The Balaban J connectivity index is 1.70. The van der Waals surface area contributed by atoms with Crippen LogP contribution in [0.4, 0.5) is 0 Å². The van der Waals surface area contributed by atoms with E-state index in [4.69, 9.17) is 4.42 Å². The number of hydrogen-bond acceptors (Lipinski definition) is 4. The van der Waals surface area contributed by atoms with Crippen molar-refractivity contribution in [3.05, 3.63) is 63.8 Å². The number of aryl methyl sites for hydroxylation is 2. The number of amides is 1. The van der Waals surface area contributed by atoms with E-state index in [1.54, 1.807) is 28.9 Å². The van der Waals surface area contributed by atoms with Crippen molar-refractivity contribution >= 4 is 16.9 Å². The fourth-order valence-electron chi connectivity index (χ4n) is 2.38. The molecule has 0 radical (unpaired) electrons. The highest BCUT2D eigenvalue weighted by Crippen LogP contribution is 2.12. The number of nitrogens with one attached hydrogen (secondary N) is 1. The molecule has 0 aliphatic heterocycles. The van der Waals surface area contributed by atoms with Crippen molar-refractivity contribution in [3.8, 4) is 0 Å². The third-order valence-corrected chi connectivity index (χ3v) is 3.72. The van der Waals surface area contributed by atoms with E-state index in [1.165, 1.54) is 0 Å². The molecule has 0 aliphatic rings. The zero-order chi connectivity index (χ0) is 16.4. The van der Waals surface area contributed by atoms with Crippen LogP contribution in [0.25, 0.3) is 11.0 Å². The van der Waals surface area contributed by atoms with Crippen LogP contribution in [-0.4, -0.2) is 22.2 Å². The van der Waals surface area contributed by atoms with Crippen LogP contribution >= 0.6 is 0 Å². The smallest absolute Gasteiger partial charge is 0.349 e. The van der Waals surface area contributed by atoms with E-state index in [-0.39, 0.29) is 5.56 Å². The molecule has 23 heavy (non-hydrogen) atoms. The molecule has 1 amide bonds. The number of fused-ring (bicyclic) bond motifs is 1. The van der Waals surface area contributed by atoms with Crippen LogP contribution in [-0.2, 0) is 13.5 Å². The number of carbonyl (C=O) groups is 1. The number of aromatic nitrogens is 2. The zero-order valence-corrected chi connectivity index (χ0v) is 13.0. The molecule has 1 aromatic carbocycles. The maximum atomic E-state index is 12.2. The van der Waals surface area contributed by atoms with E-state index in [1.807, 2.05) is 26.1 Å². The molecular formula is C17H17N3O3. The average molecular weight is 311 g/mol. The largest absolute Gasteiger partial charge is 0.422 e. The molecule has 1 N–H and O–H groups in total. The predicted octanol–water partition coefficient (Wildman–Crippen LogP) is 1.81. The summed E-state index contributed by atoms with van der Waals surface area (Å²) in [6.45, 7) is 2.37. The number of para-hydroxylation sites is 1. The molecule has 0 unspecified atom stereocenters. The summed E-state index contributed by atoms with van der Waals surface area (Å²) < 4.78 is 6.95. The Morgan fingerprint density at radius 2 is 2.09 bits per heavy atom. The van der Waals surface area contributed by atoms with Gasteiger partial charge in [-0.2, -0.15) is 5.10 Å². The summed E-state index contributed by atoms with van der Waals surface area (Å²) in [5, 5.41) is 7.78. The average Bonchev–Trinajstić information content (AvgIpc) is 2.84. The summed E-state index contributed by atoms with van der Waals surface area (Å²) in [7, 11) is 1.87. The maximum Gasteiger partial charge on any atom is 0.349 e. The highest BCUT2D eigenvalue weighted by Gasteiger charge is 2.13. The topological polar surface area (TPSA) is 77.1 Å². The summed E-state index contributed by atoms with van der Waals surface area (Å²) in [6.07, 6.45) is 0.604. The zero-order valence-electron chi connectivity index (χ0n) is 13.0. The Bertz CT molecular complexity index is 905. The van der Waals surface area contributed by atoms with Gasteiger partial charge in [-0.1, -0.05) is 18.2 Å². The lowest BCUT2D eigenvalue weighted by Crippen LogP contribution is -2.30. The van der Waals surface area contributed by atoms with Gasteiger partial charge in [0.05, 0.1) is 5.69 Å². The normalized spacial score (nSPS) is 10.9. The van der Waals surface area contributed by atoms with E-state index in [2.05, 4.69) is 10.4 Å². The molecule has 0 saturated carbocycles. The van der Waals surface area contributed by atoms with Crippen LogP contribution in [0.2, 0.25) is 0 Å². The lowest BCUT2D eigenvalue weighted by Gasteiger charge is -2.04. The molecule has 0 saturated heterocycles. The minimum atomic E-state index is -0.630. The van der Waals surface area contributed by atoms with Crippen LogP contribution in [0.5, 0.6) is 0 Å². The Kier molecular flexibility index (Phi) is 3.97. The molecular weight excluding hydrogens is 294 g/mol. The van der Waals surface area contributed by atoms with Crippen LogP contribution in [0, 0.1) is 6.92 Å². The fraction of sp³-hybridized carbons (Fsp3) is 0.235. The van der Waals surface area contributed by atoms with Gasteiger partial charge in [-0.05, 0) is 25.1 Å². The summed E-state index contributed by atoms with van der Waals surface area (Å²) in [6, 6.07) is 10.6. The minimum Gasteiger partial charge on any atom is -0.422 e. The minimum absolute atomic E-state index is 0.0147. The first-order valence-corrected chi connectivity index (χ1v) is 7.35. The van der Waals surface area contributed by atoms with Gasteiger partial charge in [0.15, 0.2) is 0 Å². The van der Waals surface area contributed by atoms with Gasteiger partial charge < -0.3 is 9.73 Å². The van der Waals surface area contributed by atoms with Crippen molar-refractivity contribution in [2.75, 3.05) is 6.54 Å². The van der Waals surface area contributed by atoms with Gasteiger partial charge in [-0.3, -0.25) is 9.48 Å². The van der Waals surface area contributed by atoms with Crippen LogP contribution in [0.1, 0.15) is 21.7 Å². The first-order chi connectivity index (χ1) is 11.0. The third-order valence-electron chi connectivity index (χ3n) is 3.72. The Morgan fingerprint density at radius 1 is 1.30 bits per heavy atom. The van der Waals surface area contributed by atoms with Gasteiger partial charge in [-0.15, -0.1) is 0 Å². The third kappa shape index (κ3) is 3.15. The molecule has 2 aromatic heterocycles. The van der Waals surface area contributed by atoms with Gasteiger partial charge >= 0.3 is 5.63 Å². The Hall–Kier alpha value is -2.89. The number of rotatable bonds is 4. The van der Waals surface area contributed by atoms with E-state index in [9.17, 15) is 9.59 Å². The summed E-state index contributed by atoms with van der Waals surface area (Å²) in [5.74, 6) is -0.433. The maximum absolute atomic E-state index is 12.2. The van der Waals surface area contributed by atoms with Crippen molar-refractivity contribution in [1.29, 1.82) is 0 Å². The SMILES string of the molecule is Cc1cc(CCNC(=O)c2cc3ccccc3oc2=O)nn1C. The summed E-state index contributed by atoms with van der Waals surface area (Å²) in [5.41, 5.74) is 1.81. The lowest BCUT2D eigenvalue weighted by molar-refractivity contribution is 0.0950. The first kappa shape index (κ1) is 15.0. The first-order valence-electron chi connectivity index (χ1n) is 7.35. The molecule has 3 rings (SSSR count). The second-order valence-corrected chi connectivity index (χ2v) is 5.39. The number of carbonyl (C=O) groups excluding carboxylic acids is 1. The summed E-state index contributed by atoms with van der Waals surface area (Å²) >= 11 is 0. The molecule has 0 atom stereocenters. The van der Waals surface area contributed by atoms with E-state index >= 15 is 0 Å². The van der Waals surface area contributed by atoms with Crippen molar-refractivity contribution in [2.45, 2.75) is 13.3 Å². The highest BCUT2D eigenvalue weighted by atomic mass is 16.4. The Labute approximate surface area is 132 Å². The lowest BCUT2D eigenvalue weighted by atomic mass is 10.2. The van der Waals surface area contributed by atoms with Gasteiger partial charge in [0.1, 0.15) is 11.1 Å².